The van der Waals surface area contributed by atoms with Crippen LogP contribution in [0, 0.1) is 0 Å². The molecule has 1 saturated heterocycles. The molecule has 0 aliphatic carbocycles. The van der Waals surface area contributed by atoms with Crippen molar-refractivity contribution in [3.63, 3.8) is 0 Å². The number of aromatic nitrogens is 1. The molecular weight excluding hydrogens is 244 g/mol. The number of amides is 1. The van der Waals surface area contributed by atoms with Gasteiger partial charge < -0.3 is 4.90 Å². The monoisotopic (exact) mass is 258 g/mol. The first-order valence-corrected chi connectivity index (χ1v) is 6.98. The lowest BCUT2D eigenvalue weighted by Crippen LogP contribution is -2.30. The first-order valence-electron chi connectivity index (χ1n) is 6.10. The minimum absolute atomic E-state index is 0.119. The predicted octanol–water partition coefficient (Wildman–Crippen LogP) is 3.12. The molecule has 0 aromatic carbocycles. The molecule has 3 heterocycles. The Kier molecular flexibility index (Phi) is 3.11. The van der Waals surface area contributed by atoms with E-state index in [4.69, 9.17) is 0 Å². The van der Waals surface area contributed by atoms with E-state index in [1.54, 1.807) is 35.9 Å². The zero-order chi connectivity index (χ0) is 12.4. The topological polar surface area (TPSA) is 33.2 Å². The van der Waals surface area contributed by atoms with E-state index in [9.17, 15) is 4.79 Å². The molecule has 2 aromatic heterocycles. The van der Waals surface area contributed by atoms with Gasteiger partial charge in [-0.3, -0.25) is 9.78 Å². The Morgan fingerprint density at radius 1 is 1.33 bits per heavy atom. The Hall–Kier alpha value is -1.68. The molecular formula is C14H14N2OS. The minimum Gasteiger partial charge on any atom is -0.331 e. The van der Waals surface area contributed by atoms with Crippen LogP contribution in [0.15, 0.2) is 42.0 Å². The number of thiophene rings is 1. The van der Waals surface area contributed by atoms with Gasteiger partial charge in [-0.05, 0) is 36.4 Å². The van der Waals surface area contributed by atoms with Gasteiger partial charge in [0.2, 0.25) is 0 Å². The van der Waals surface area contributed by atoms with Gasteiger partial charge in [-0.1, -0.05) is 6.07 Å². The lowest BCUT2D eigenvalue weighted by molar-refractivity contribution is 0.0738. The van der Waals surface area contributed by atoms with Crippen molar-refractivity contribution in [3.05, 3.63) is 52.5 Å². The quantitative estimate of drug-likeness (QED) is 0.829. The summed E-state index contributed by atoms with van der Waals surface area (Å²) in [6, 6.07) is 7.99. The number of nitrogens with zero attached hydrogens (tertiary/aromatic N) is 2. The Morgan fingerprint density at radius 2 is 2.17 bits per heavy atom. The van der Waals surface area contributed by atoms with Crippen LogP contribution in [0.25, 0.3) is 0 Å². The first-order chi connectivity index (χ1) is 8.86. The van der Waals surface area contributed by atoms with E-state index in [1.807, 2.05) is 11.0 Å². The van der Waals surface area contributed by atoms with E-state index in [0.29, 0.717) is 0 Å². The summed E-state index contributed by atoms with van der Waals surface area (Å²) in [6.07, 6.45) is 5.49. The van der Waals surface area contributed by atoms with Crippen LogP contribution in [-0.4, -0.2) is 22.3 Å². The van der Waals surface area contributed by atoms with E-state index in [-0.39, 0.29) is 11.9 Å². The zero-order valence-corrected chi connectivity index (χ0v) is 10.8. The fraction of sp³-hybridized carbons (Fsp3) is 0.286. The summed E-state index contributed by atoms with van der Waals surface area (Å²) >= 11 is 1.73. The molecule has 92 valence electrons. The third-order valence-corrected chi connectivity index (χ3v) is 4.29. The summed E-state index contributed by atoms with van der Waals surface area (Å²) in [7, 11) is 0. The molecule has 1 fully saturated rings. The third kappa shape index (κ3) is 2.04. The molecule has 1 amide bonds. The van der Waals surface area contributed by atoms with Gasteiger partial charge in [-0.2, -0.15) is 0 Å². The summed E-state index contributed by atoms with van der Waals surface area (Å²) < 4.78 is 0. The van der Waals surface area contributed by atoms with Crippen molar-refractivity contribution < 1.29 is 4.79 Å². The van der Waals surface area contributed by atoms with Crippen molar-refractivity contribution in [3.8, 4) is 0 Å². The maximum absolute atomic E-state index is 12.5. The molecule has 0 radical (unpaired) electrons. The second-order valence-electron chi connectivity index (χ2n) is 4.41. The number of hydrogen-bond acceptors (Lipinski definition) is 3. The average molecular weight is 258 g/mol. The van der Waals surface area contributed by atoms with Crippen molar-refractivity contribution in [1.82, 2.24) is 9.88 Å². The summed E-state index contributed by atoms with van der Waals surface area (Å²) in [5.41, 5.74) is 0.730. The normalized spacial score (nSPS) is 19.1. The van der Waals surface area contributed by atoms with Gasteiger partial charge in [0, 0.05) is 29.4 Å². The highest BCUT2D eigenvalue weighted by molar-refractivity contribution is 7.10. The lowest BCUT2D eigenvalue weighted by atomic mass is 10.1. The Balaban J connectivity index is 1.85. The standard InChI is InChI=1S/C14H14N2OS/c17-14(11-5-7-15-8-6-11)16-9-1-3-12(16)13-4-2-10-18-13/h2,4-8,10,12H,1,3,9H2. The highest BCUT2D eigenvalue weighted by Gasteiger charge is 2.30. The summed E-state index contributed by atoms with van der Waals surface area (Å²) in [5.74, 6) is 0.119. The number of carbonyl (C=O) groups excluding carboxylic acids is 1. The molecule has 18 heavy (non-hydrogen) atoms. The smallest absolute Gasteiger partial charge is 0.254 e. The van der Waals surface area contributed by atoms with Crippen molar-refractivity contribution in [2.75, 3.05) is 6.54 Å². The second kappa shape index (κ2) is 4.90. The van der Waals surface area contributed by atoms with Gasteiger partial charge >= 0.3 is 0 Å². The van der Waals surface area contributed by atoms with Gasteiger partial charge in [0.15, 0.2) is 0 Å². The predicted molar refractivity (Wildman–Crippen MR) is 71.6 cm³/mol. The first kappa shape index (κ1) is 11.4. The van der Waals surface area contributed by atoms with E-state index in [0.717, 1.165) is 24.9 Å². The number of pyridine rings is 1. The number of carbonyl (C=O) groups is 1. The lowest BCUT2D eigenvalue weighted by Gasteiger charge is -2.23. The van der Waals surface area contributed by atoms with Crippen LogP contribution in [0.5, 0.6) is 0 Å². The van der Waals surface area contributed by atoms with Gasteiger partial charge in [0.1, 0.15) is 0 Å². The van der Waals surface area contributed by atoms with Crippen molar-refractivity contribution in [1.29, 1.82) is 0 Å². The minimum atomic E-state index is 0.119. The van der Waals surface area contributed by atoms with Crippen molar-refractivity contribution in [2.24, 2.45) is 0 Å². The molecule has 2 aromatic rings. The van der Waals surface area contributed by atoms with Crippen LogP contribution in [0.1, 0.15) is 34.1 Å². The Bertz CT molecular complexity index is 524. The molecule has 0 spiro atoms. The molecule has 3 nitrogen and oxygen atoms in total. The SMILES string of the molecule is O=C(c1ccncc1)N1CCCC1c1cccs1. The van der Waals surface area contributed by atoms with Crippen molar-refractivity contribution >= 4 is 17.2 Å². The van der Waals surface area contributed by atoms with Gasteiger partial charge in [0.25, 0.3) is 5.91 Å². The molecule has 3 rings (SSSR count). The molecule has 0 saturated carbocycles. The summed E-state index contributed by atoms with van der Waals surface area (Å²) in [5, 5.41) is 2.07. The molecule has 1 unspecified atom stereocenters. The van der Waals surface area contributed by atoms with Crippen LogP contribution in [-0.2, 0) is 0 Å². The highest BCUT2D eigenvalue weighted by atomic mass is 32.1. The molecule has 0 bridgehead atoms. The fourth-order valence-electron chi connectivity index (χ4n) is 2.45. The number of likely N-dealkylation sites (tertiary alicyclic amines) is 1. The van der Waals surface area contributed by atoms with E-state index in [1.165, 1.54) is 4.88 Å². The highest BCUT2D eigenvalue weighted by Crippen LogP contribution is 2.35. The molecule has 4 heteroatoms. The van der Waals surface area contributed by atoms with Crippen LogP contribution < -0.4 is 0 Å². The Labute approximate surface area is 110 Å². The summed E-state index contributed by atoms with van der Waals surface area (Å²) in [4.78, 5) is 19.7. The van der Waals surface area contributed by atoms with Crippen LogP contribution in [0.3, 0.4) is 0 Å². The Morgan fingerprint density at radius 3 is 2.89 bits per heavy atom. The summed E-state index contributed by atoms with van der Waals surface area (Å²) in [6.45, 7) is 0.851. The molecule has 0 N–H and O–H groups in total. The van der Waals surface area contributed by atoms with Crippen LogP contribution in [0.4, 0.5) is 0 Å². The van der Waals surface area contributed by atoms with Crippen LogP contribution in [0.2, 0.25) is 0 Å². The maximum atomic E-state index is 12.5. The number of rotatable bonds is 2. The van der Waals surface area contributed by atoms with Gasteiger partial charge in [0.05, 0.1) is 6.04 Å². The second-order valence-corrected chi connectivity index (χ2v) is 5.39. The van der Waals surface area contributed by atoms with Gasteiger partial charge in [-0.25, -0.2) is 0 Å². The van der Waals surface area contributed by atoms with E-state index in [2.05, 4.69) is 16.4 Å². The molecule has 1 aliphatic heterocycles. The number of hydrogen-bond donors (Lipinski definition) is 0. The van der Waals surface area contributed by atoms with Crippen molar-refractivity contribution in [2.45, 2.75) is 18.9 Å². The van der Waals surface area contributed by atoms with E-state index < -0.39 is 0 Å². The van der Waals surface area contributed by atoms with E-state index >= 15 is 0 Å². The average Bonchev–Trinajstić information content (AvgIpc) is 3.09. The van der Waals surface area contributed by atoms with Crippen LogP contribution >= 0.6 is 11.3 Å². The molecule has 1 aliphatic rings. The largest absolute Gasteiger partial charge is 0.331 e. The molecule has 1 atom stereocenters. The fourth-order valence-corrected chi connectivity index (χ4v) is 3.32. The van der Waals surface area contributed by atoms with Gasteiger partial charge in [-0.15, -0.1) is 11.3 Å². The third-order valence-electron chi connectivity index (χ3n) is 3.31. The zero-order valence-electron chi connectivity index (χ0n) is 9.95. The maximum Gasteiger partial charge on any atom is 0.254 e.